The van der Waals surface area contributed by atoms with Crippen LogP contribution in [0.5, 0.6) is 0 Å². The molecule has 2 heterocycles. The first-order valence-electron chi connectivity index (χ1n) is 6.01. The average molecular weight is 265 g/mol. The van der Waals surface area contributed by atoms with Gasteiger partial charge in [-0.05, 0) is 36.2 Å². The zero-order chi connectivity index (χ0) is 13.1. The highest BCUT2D eigenvalue weighted by molar-refractivity contribution is 7.07. The van der Waals surface area contributed by atoms with E-state index in [2.05, 4.69) is 17.3 Å². The second-order valence-corrected chi connectivity index (χ2v) is 5.33. The van der Waals surface area contributed by atoms with Crippen LogP contribution in [0.1, 0.15) is 35.9 Å². The van der Waals surface area contributed by atoms with Crippen LogP contribution in [0.15, 0.2) is 23.0 Å². The number of thiophene rings is 1. The molecule has 0 bridgehead atoms. The number of nitrogens with zero attached hydrogens (tertiary/aromatic N) is 2. The molecule has 2 atom stereocenters. The quantitative estimate of drug-likeness (QED) is 0.871. The Balaban J connectivity index is 1.92. The second kappa shape index (κ2) is 5.65. The number of aliphatic hydroxyl groups is 1. The first-order valence-corrected chi connectivity index (χ1v) is 6.96. The number of rotatable bonds is 5. The summed E-state index contributed by atoms with van der Waals surface area (Å²) < 4.78 is 1.82. The van der Waals surface area contributed by atoms with Crippen molar-refractivity contribution in [3.8, 4) is 0 Å². The molecule has 0 aliphatic heterocycles. The van der Waals surface area contributed by atoms with Crippen molar-refractivity contribution in [1.82, 2.24) is 15.1 Å². The van der Waals surface area contributed by atoms with E-state index in [9.17, 15) is 5.11 Å². The molecule has 0 amide bonds. The standard InChI is InChI=1S/C13H19N3OS/c1-9(12-7-16(3)15-10(12)2)14-6-13(17)11-4-5-18-8-11/h4-5,7-9,13-14,17H,6H2,1-3H3. The molecule has 0 aliphatic rings. The second-order valence-electron chi connectivity index (χ2n) is 4.55. The molecular formula is C13H19N3OS. The van der Waals surface area contributed by atoms with Crippen LogP contribution in [-0.2, 0) is 7.05 Å². The van der Waals surface area contributed by atoms with Crippen molar-refractivity contribution in [3.63, 3.8) is 0 Å². The lowest BCUT2D eigenvalue weighted by atomic mass is 10.1. The maximum absolute atomic E-state index is 10.0. The number of hydrogen-bond acceptors (Lipinski definition) is 4. The monoisotopic (exact) mass is 265 g/mol. The summed E-state index contributed by atoms with van der Waals surface area (Å²) in [6.07, 6.45) is 1.57. The van der Waals surface area contributed by atoms with Crippen molar-refractivity contribution in [2.24, 2.45) is 7.05 Å². The van der Waals surface area contributed by atoms with E-state index in [0.717, 1.165) is 11.3 Å². The van der Waals surface area contributed by atoms with Gasteiger partial charge < -0.3 is 10.4 Å². The van der Waals surface area contributed by atoms with Crippen LogP contribution < -0.4 is 5.32 Å². The highest BCUT2D eigenvalue weighted by Gasteiger charge is 2.14. The molecule has 0 fully saturated rings. The molecule has 0 aliphatic carbocycles. The van der Waals surface area contributed by atoms with Crippen molar-refractivity contribution in [1.29, 1.82) is 0 Å². The van der Waals surface area contributed by atoms with Crippen LogP contribution >= 0.6 is 11.3 Å². The van der Waals surface area contributed by atoms with Gasteiger partial charge in [0.25, 0.3) is 0 Å². The van der Waals surface area contributed by atoms with Gasteiger partial charge in [0, 0.05) is 31.4 Å². The molecule has 4 nitrogen and oxygen atoms in total. The summed E-state index contributed by atoms with van der Waals surface area (Å²) in [6.45, 7) is 4.64. The summed E-state index contributed by atoms with van der Waals surface area (Å²) in [5.74, 6) is 0. The molecule has 0 saturated heterocycles. The molecule has 0 saturated carbocycles. The van der Waals surface area contributed by atoms with Crippen molar-refractivity contribution in [2.75, 3.05) is 6.54 Å². The Labute approximate surface area is 111 Å². The number of nitrogens with one attached hydrogen (secondary N) is 1. The van der Waals surface area contributed by atoms with Crippen molar-refractivity contribution in [3.05, 3.63) is 39.8 Å². The van der Waals surface area contributed by atoms with Crippen LogP contribution in [0.4, 0.5) is 0 Å². The number of aliphatic hydroxyl groups excluding tert-OH is 1. The average Bonchev–Trinajstić information content (AvgIpc) is 2.95. The fourth-order valence-electron chi connectivity index (χ4n) is 2.02. The topological polar surface area (TPSA) is 50.1 Å². The van der Waals surface area contributed by atoms with Gasteiger partial charge in [-0.15, -0.1) is 0 Å². The van der Waals surface area contributed by atoms with Crippen LogP contribution in [0.2, 0.25) is 0 Å². The minimum absolute atomic E-state index is 0.187. The summed E-state index contributed by atoms with van der Waals surface area (Å²) in [5.41, 5.74) is 3.18. The van der Waals surface area contributed by atoms with Crippen LogP contribution in [0.25, 0.3) is 0 Å². The normalized spacial score (nSPS) is 14.7. The Hall–Kier alpha value is -1.17. The lowest BCUT2D eigenvalue weighted by Gasteiger charge is -2.16. The van der Waals surface area contributed by atoms with E-state index in [-0.39, 0.29) is 6.04 Å². The third-order valence-corrected chi connectivity index (χ3v) is 3.76. The Morgan fingerprint density at radius 2 is 2.33 bits per heavy atom. The number of aryl methyl sites for hydroxylation is 2. The molecule has 0 aromatic carbocycles. The van der Waals surface area contributed by atoms with E-state index in [0.29, 0.717) is 6.54 Å². The maximum atomic E-state index is 10.0. The highest BCUT2D eigenvalue weighted by Crippen LogP contribution is 2.19. The highest BCUT2D eigenvalue weighted by atomic mass is 32.1. The Morgan fingerprint density at radius 3 is 2.89 bits per heavy atom. The van der Waals surface area contributed by atoms with Gasteiger partial charge in [-0.3, -0.25) is 4.68 Å². The molecule has 18 heavy (non-hydrogen) atoms. The predicted molar refractivity (Wildman–Crippen MR) is 73.6 cm³/mol. The van der Waals surface area contributed by atoms with E-state index in [4.69, 9.17) is 0 Å². The molecule has 0 spiro atoms. The minimum Gasteiger partial charge on any atom is -0.387 e. The molecule has 2 N–H and O–H groups in total. The van der Waals surface area contributed by atoms with Gasteiger partial charge in [-0.1, -0.05) is 0 Å². The van der Waals surface area contributed by atoms with Gasteiger partial charge in [-0.25, -0.2) is 0 Å². The predicted octanol–water partition coefficient (Wildman–Crippen LogP) is 2.17. The van der Waals surface area contributed by atoms with Gasteiger partial charge in [0.05, 0.1) is 11.8 Å². The SMILES string of the molecule is Cc1nn(C)cc1C(C)NCC(O)c1ccsc1. The van der Waals surface area contributed by atoms with Crippen molar-refractivity contribution >= 4 is 11.3 Å². The zero-order valence-corrected chi connectivity index (χ0v) is 11.7. The van der Waals surface area contributed by atoms with E-state index in [1.54, 1.807) is 11.3 Å². The van der Waals surface area contributed by atoms with Crippen LogP contribution in [-0.4, -0.2) is 21.4 Å². The lowest BCUT2D eigenvalue weighted by molar-refractivity contribution is 0.171. The first-order chi connectivity index (χ1) is 8.58. The summed E-state index contributed by atoms with van der Waals surface area (Å²) in [4.78, 5) is 0. The molecule has 2 unspecified atom stereocenters. The summed E-state index contributed by atoms with van der Waals surface area (Å²) in [5, 5.41) is 21.6. The van der Waals surface area contributed by atoms with E-state index >= 15 is 0 Å². The number of hydrogen-bond donors (Lipinski definition) is 2. The summed E-state index contributed by atoms with van der Waals surface area (Å²) in [6, 6.07) is 2.14. The zero-order valence-electron chi connectivity index (χ0n) is 10.9. The van der Waals surface area contributed by atoms with Gasteiger partial charge in [0.2, 0.25) is 0 Å². The summed E-state index contributed by atoms with van der Waals surface area (Å²) >= 11 is 1.60. The maximum Gasteiger partial charge on any atom is 0.0922 e. The van der Waals surface area contributed by atoms with Crippen molar-refractivity contribution < 1.29 is 5.11 Å². The van der Waals surface area contributed by atoms with E-state index < -0.39 is 6.10 Å². The Bertz CT molecular complexity index is 492. The van der Waals surface area contributed by atoms with Crippen LogP contribution in [0, 0.1) is 6.92 Å². The smallest absolute Gasteiger partial charge is 0.0922 e. The van der Waals surface area contributed by atoms with E-state index in [1.807, 2.05) is 41.7 Å². The molecule has 98 valence electrons. The van der Waals surface area contributed by atoms with E-state index in [1.165, 1.54) is 5.56 Å². The molecule has 5 heteroatoms. The Morgan fingerprint density at radius 1 is 1.56 bits per heavy atom. The summed E-state index contributed by atoms with van der Waals surface area (Å²) in [7, 11) is 1.92. The largest absolute Gasteiger partial charge is 0.387 e. The minimum atomic E-state index is -0.448. The molecule has 2 aromatic rings. The molecule has 2 aromatic heterocycles. The third-order valence-electron chi connectivity index (χ3n) is 3.06. The molecular weight excluding hydrogens is 246 g/mol. The van der Waals surface area contributed by atoms with Gasteiger partial charge in [0.15, 0.2) is 0 Å². The van der Waals surface area contributed by atoms with Crippen LogP contribution in [0.3, 0.4) is 0 Å². The first kappa shape index (κ1) is 13.3. The van der Waals surface area contributed by atoms with Crippen molar-refractivity contribution in [2.45, 2.75) is 26.0 Å². The number of aromatic nitrogens is 2. The fourth-order valence-corrected chi connectivity index (χ4v) is 2.73. The fraction of sp³-hybridized carbons (Fsp3) is 0.462. The molecule has 0 radical (unpaired) electrons. The lowest BCUT2D eigenvalue weighted by Crippen LogP contribution is -2.24. The van der Waals surface area contributed by atoms with Gasteiger partial charge in [-0.2, -0.15) is 16.4 Å². The van der Waals surface area contributed by atoms with Gasteiger partial charge in [0.1, 0.15) is 0 Å². The third kappa shape index (κ3) is 2.98. The van der Waals surface area contributed by atoms with Gasteiger partial charge >= 0.3 is 0 Å². The Kier molecular flexibility index (Phi) is 4.16. The molecule has 2 rings (SSSR count).